The van der Waals surface area contributed by atoms with Crippen molar-refractivity contribution in [3.63, 3.8) is 0 Å². The summed E-state index contributed by atoms with van der Waals surface area (Å²) < 4.78 is 11.9. The molecular weight excluding hydrogens is 81.1 g/mol. The van der Waals surface area contributed by atoms with Crippen LogP contribution in [0.25, 0.3) is 0 Å². The lowest BCUT2D eigenvalue weighted by Gasteiger charge is -1.44. The van der Waals surface area contributed by atoms with E-state index in [0.717, 1.165) is 0 Å². The molecule has 0 spiro atoms. The van der Waals surface area contributed by atoms with Crippen LogP contribution in [0.5, 0.6) is 0 Å². The molecule has 0 aromatic carbocycles. The van der Waals surface area contributed by atoms with Gasteiger partial charge in [0.25, 0.3) is 0 Å². The van der Waals surface area contributed by atoms with Crippen molar-refractivity contribution in [2.75, 3.05) is 0 Å². The topological polar surface area (TPSA) is 29.4 Å². The maximum atomic E-state index is 10.2. The average molecular weight is 81.1 g/mol. The molecule has 0 heterocycles. The van der Waals surface area contributed by atoms with Crippen molar-refractivity contribution in [2.45, 2.75) is 0 Å². The van der Waals surface area contributed by atoms with Gasteiger partial charge >= 0.3 is 0 Å². The monoisotopic (exact) mass is 81.0 g/mol. The number of halogens is 1. The van der Waals surface area contributed by atoms with E-state index >= 15 is 0 Å². The minimum atomic E-state index is -0.574. The summed E-state index contributed by atoms with van der Waals surface area (Å²) in [6.45, 7) is 0. The Kier molecular flexibility index (Phi) is 2.79. The highest BCUT2D eigenvalue weighted by Crippen LogP contribution is 1.96. The quantitative estimate of drug-likeness (QED) is 0.351. The van der Waals surface area contributed by atoms with Crippen LogP contribution in [-0.4, -0.2) is 0 Å². The predicted octanol–water partition coefficient (Wildman–Crippen LogP) is 1.29. The molecule has 0 aliphatic heterocycles. The Balaban J connectivity index is 2.30. The lowest BCUT2D eigenvalue weighted by molar-refractivity contribution is 0.938. The molecule has 0 unspecified atom stereocenters. The SMILES string of the molecule is O=NSF. The fourth-order valence-corrected chi connectivity index (χ4v) is 0. The second-order valence-electron chi connectivity index (χ2n) is 0.144. The van der Waals surface area contributed by atoms with Crippen LogP contribution in [0.2, 0.25) is 0 Å². The lowest BCUT2D eigenvalue weighted by atomic mass is 13.7. The van der Waals surface area contributed by atoms with Crippen molar-refractivity contribution in [1.82, 2.24) is 0 Å². The molecule has 0 aromatic rings. The van der Waals surface area contributed by atoms with Crippen molar-refractivity contribution in [1.29, 1.82) is 0 Å². The largest absolute Gasteiger partial charge is 0.230 e. The Morgan fingerprint density at radius 2 is 2.25 bits per heavy atom. The van der Waals surface area contributed by atoms with E-state index in [9.17, 15) is 3.89 Å². The Morgan fingerprint density at radius 3 is 2.25 bits per heavy atom. The van der Waals surface area contributed by atoms with Gasteiger partial charge in [-0.1, -0.05) is 0 Å². The Bertz CT molecular complexity index is 22.0. The number of rotatable bonds is 1. The molecule has 4 heteroatoms. The van der Waals surface area contributed by atoms with Gasteiger partial charge in [-0.3, -0.25) is 0 Å². The second kappa shape index (κ2) is 2.88. The van der Waals surface area contributed by atoms with Gasteiger partial charge in [0.15, 0.2) is 0 Å². The molecule has 0 atom stereocenters. The van der Waals surface area contributed by atoms with Crippen LogP contribution in [0.15, 0.2) is 4.58 Å². The van der Waals surface area contributed by atoms with E-state index in [0.29, 0.717) is 0 Å². The molecule has 4 heavy (non-hydrogen) atoms. The fraction of sp³-hybridized carbons (Fsp3) is 0. The predicted molar refractivity (Wildman–Crippen MR) is 14.5 cm³/mol. The van der Waals surface area contributed by atoms with Crippen molar-refractivity contribution >= 4 is 12.3 Å². The van der Waals surface area contributed by atoms with E-state index < -0.39 is 12.3 Å². The van der Waals surface area contributed by atoms with Crippen LogP contribution in [-0.2, 0) is 0 Å². The molecule has 0 radical (unpaired) electrons. The Morgan fingerprint density at radius 1 is 2.00 bits per heavy atom. The van der Waals surface area contributed by atoms with Gasteiger partial charge in [0.1, 0.15) is 0 Å². The fourth-order valence-electron chi connectivity index (χ4n) is 0. The van der Waals surface area contributed by atoms with E-state index in [1.165, 1.54) is 0 Å². The summed E-state index contributed by atoms with van der Waals surface area (Å²) in [5, 5.41) is 0. The minimum absolute atomic E-state index is 0.574. The van der Waals surface area contributed by atoms with E-state index in [1.54, 1.807) is 4.58 Å². The number of hydrogen-bond acceptors (Lipinski definition) is 3. The third-order valence-corrected chi connectivity index (χ3v) is 0.0845. The van der Waals surface area contributed by atoms with Gasteiger partial charge in [-0.25, -0.2) is 0 Å². The highest BCUT2D eigenvalue weighted by Gasteiger charge is 1.60. The first-order valence-corrected chi connectivity index (χ1v) is 1.19. The summed E-state index contributed by atoms with van der Waals surface area (Å²) in [5.41, 5.74) is 0. The minimum Gasteiger partial charge on any atom is -0.135 e. The number of nitrogens with zero attached hydrogens (tertiary/aromatic N) is 1. The van der Waals surface area contributed by atoms with Gasteiger partial charge in [0.05, 0.1) is 0 Å². The van der Waals surface area contributed by atoms with Gasteiger partial charge in [0, 0.05) is 4.58 Å². The molecule has 0 aliphatic rings. The molecule has 2 nitrogen and oxygen atoms in total. The summed E-state index contributed by atoms with van der Waals surface area (Å²) in [6.07, 6.45) is 0. The zero-order valence-electron chi connectivity index (χ0n) is 1.64. The maximum absolute atomic E-state index is 10.2. The summed E-state index contributed by atoms with van der Waals surface area (Å²) in [4.78, 5) is 8.51. The van der Waals surface area contributed by atoms with E-state index in [1.807, 2.05) is 0 Å². The van der Waals surface area contributed by atoms with Gasteiger partial charge in [-0.05, 0) is 0 Å². The zero-order chi connectivity index (χ0) is 3.41. The first-order valence-electron chi connectivity index (χ1n) is 0.519. The average Bonchev–Trinajstić information content (AvgIpc) is 1.37. The molecule has 24 valence electrons. The van der Waals surface area contributed by atoms with Gasteiger partial charge in [0.2, 0.25) is 12.3 Å². The smallest absolute Gasteiger partial charge is 0.135 e. The first kappa shape index (κ1) is 3.88. The Hall–Kier alpha value is -0.120. The molecule has 0 amide bonds. The van der Waals surface area contributed by atoms with Gasteiger partial charge in [-0.2, -0.15) is 0 Å². The van der Waals surface area contributed by atoms with Crippen molar-refractivity contribution < 1.29 is 3.89 Å². The van der Waals surface area contributed by atoms with Crippen molar-refractivity contribution in [3.05, 3.63) is 4.91 Å². The van der Waals surface area contributed by atoms with Crippen LogP contribution in [0.3, 0.4) is 0 Å². The van der Waals surface area contributed by atoms with E-state index in [4.69, 9.17) is 4.91 Å². The van der Waals surface area contributed by atoms with Crippen LogP contribution >= 0.6 is 12.3 Å². The first-order chi connectivity index (χ1) is 1.91. The molecule has 0 aromatic heterocycles. The van der Waals surface area contributed by atoms with Crippen molar-refractivity contribution in [2.24, 2.45) is 4.58 Å². The normalized spacial score (nSPS) is 6.25. The van der Waals surface area contributed by atoms with E-state index in [2.05, 4.69) is 0 Å². The third-order valence-electron chi connectivity index (χ3n) is 0.0282. The molecule has 0 saturated heterocycles. The summed E-state index contributed by atoms with van der Waals surface area (Å²) in [6, 6.07) is 0. The Labute approximate surface area is 26.8 Å². The summed E-state index contributed by atoms with van der Waals surface area (Å²) in [7, 11) is 0. The highest BCUT2D eigenvalue weighted by molar-refractivity contribution is 7.92. The van der Waals surface area contributed by atoms with E-state index in [-0.39, 0.29) is 0 Å². The zero-order valence-corrected chi connectivity index (χ0v) is 2.46. The van der Waals surface area contributed by atoms with Crippen LogP contribution < -0.4 is 0 Å². The lowest BCUT2D eigenvalue weighted by Crippen LogP contribution is -1.13. The van der Waals surface area contributed by atoms with Crippen LogP contribution in [0.4, 0.5) is 3.89 Å². The van der Waals surface area contributed by atoms with Gasteiger partial charge < -0.3 is 0 Å². The van der Waals surface area contributed by atoms with Crippen LogP contribution in [0.1, 0.15) is 0 Å². The molecule has 0 saturated carbocycles. The molecule has 0 fully saturated rings. The van der Waals surface area contributed by atoms with Crippen LogP contribution in [0, 0.1) is 4.91 Å². The number of hydrogen-bond donors (Lipinski definition) is 0. The third kappa shape index (κ3) is 1.88. The highest BCUT2D eigenvalue weighted by atomic mass is 32.2. The molecule has 0 bridgehead atoms. The van der Waals surface area contributed by atoms with Gasteiger partial charge in [-0.15, -0.1) is 8.79 Å². The molecule has 0 aliphatic carbocycles. The molecular formula is FNOS. The standard InChI is InChI=1S/FNOS/c1-4-2-3. The summed E-state index contributed by atoms with van der Waals surface area (Å²) in [5.74, 6) is 0. The molecule has 0 N–H and O–H groups in total. The second-order valence-corrected chi connectivity index (χ2v) is 0.431. The summed E-state index contributed by atoms with van der Waals surface area (Å²) >= 11 is -0.574. The molecule has 0 rings (SSSR count). The number of nitroso groups, excluding NO2 is 1. The maximum Gasteiger partial charge on any atom is 0.230 e. The van der Waals surface area contributed by atoms with Crippen molar-refractivity contribution in [3.8, 4) is 0 Å².